The highest BCUT2D eigenvalue weighted by Gasteiger charge is 2.16. The van der Waals surface area contributed by atoms with E-state index in [2.05, 4.69) is 35.8 Å². The van der Waals surface area contributed by atoms with Gasteiger partial charge in [-0.15, -0.1) is 11.3 Å². The molecule has 96 valence electrons. The number of rotatable bonds is 5. The van der Waals surface area contributed by atoms with Gasteiger partial charge in [-0.3, -0.25) is 0 Å². The molecule has 1 heterocycles. The third kappa shape index (κ3) is 2.57. The fourth-order valence-electron chi connectivity index (χ4n) is 2.14. The Bertz CT molecular complexity index is 489. The molecule has 0 aliphatic carbocycles. The van der Waals surface area contributed by atoms with Crippen molar-refractivity contribution >= 4 is 11.3 Å². The van der Waals surface area contributed by atoms with E-state index < -0.39 is 0 Å². The number of ether oxygens (including phenoxy) is 1. The van der Waals surface area contributed by atoms with Gasteiger partial charge in [-0.1, -0.05) is 19.1 Å². The van der Waals surface area contributed by atoms with Gasteiger partial charge in [-0.25, -0.2) is 0 Å². The van der Waals surface area contributed by atoms with Crippen LogP contribution in [0.25, 0.3) is 0 Å². The minimum Gasteiger partial charge on any atom is -0.497 e. The van der Waals surface area contributed by atoms with E-state index in [0.717, 1.165) is 12.2 Å². The SMILES string of the molecule is CCc1ccsc1C(NC)c1ccc(OC)cc1. The number of hydrogen-bond acceptors (Lipinski definition) is 3. The van der Waals surface area contributed by atoms with Gasteiger partial charge in [0.1, 0.15) is 5.75 Å². The van der Waals surface area contributed by atoms with Gasteiger partial charge in [0.05, 0.1) is 13.2 Å². The Labute approximate surface area is 113 Å². The quantitative estimate of drug-likeness (QED) is 0.887. The first-order valence-electron chi connectivity index (χ1n) is 6.17. The smallest absolute Gasteiger partial charge is 0.118 e. The van der Waals surface area contributed by atoms with Crippen molar-refractivity contribution in [3.05, 3.63) is 51.7 Å². The van der Waals surface area contributed by atoms with Crippen LogP contribution in [0.5, 0.6) is 5.75 Å². The molecular weight excluding hydrogens is 242 g/mol. The second-order valence-corrected chi connectivity index (χ2v) is 5.11. The Balaban J connectivity index is 2.32. The predicted molar refractivity (Wildman–Crippen MR) is 77.6 cm³/mol. The highest BCUT2D eigenvalue weighted by atomic mass is 32.1. The van der Waals surface area contributed by atoms with Crippen molar-refractivity contribution < 1.29 is 4.74 Å². The van der Waals surface area contributed by atoms with E-state index in [1.165, 1.54) is 16.0 Å². The monoisotopic (exact) mass is 261 g/mol. The molecule has 0 radical (unpaired) electrons. The molecule has 3 heteroatoms. The Morgan fingerprint density at radius 1 is 1.22 bits per heavy atom. The molecule has 18 heavy (non-hydrogen) atoms. The second-order valence-electron chi connectivity index (χ2n) is 4.16. The van der Waals surface area contributed by atoms with E-state index >= 15 is 0 Å². The maximum atomic E-state index is 5.20. The van der Waals surface area contributed by atoms with Gasteiger partial charge in [0.2, 0.25) is 0 Å². The van der Waals surface area contributed by atoms with Crippen LogP contribution in [0, 0.1) is 0 Å². The summed E-state index contributed by atoms with van der Waals surface area (Å²) in [5.41, 5.74) is 2.70. The average Bonchev–Trinajstić information content (AvgIpc) is 2.89. The first-order chi connectivity index (χ1) is 8.80. The van der Waals surface area contributed by atoms with E-state index in [-0.39, 0.29) is 6.04 Å². The summed E-state index contributed by atoms with van der Waals surface area (Å²) in [5, 5.41) is 5.57. The molecule has 2 rings (SSSR count). The van der Waals surface area contributed by atoms with Crippen LogP contribution in [0.4, 0.5) is 0 Å². The molecule has 0 bridgehead atoms. The van der Waals surface area contributed by atoms with Crippen molar-refractivity contribution in [2.24, 2.45) is 0 Å². The van der Waals surface area contributed by atoms with Crippen LogP contribution in [0.2, 0.25) is 0 Å². The number of hydrogen-bond donors (Lipinski definition) is 1. The normalized spacial score (nSPS) is 12.4. The maximum Gasteiger partial charge on any atom is 0.118 e. The topological polar surface area (TPSA) is 21.3 Å². The standard InChI is InChI=1S/C15H19NOS/c1-4-11-9-10-18-15(11)14(16-2)12-5-7-13(17-3)8-6-12/h5-10,14,16H,4H2,1-3H3. The molecule has 0 aliphatic rings. The van der Waals surface area contributed by atoms with Crippen molar-refractivity contribution in [2.75, 3.05) is 14.2 Å². The molecular formula is C15H19NOS. The lowest BCUT2D eigenvalue weighted by atomic mass is 10.0. The highest BCUT2D eigenvalue weighted by molar-refractivity contribution is 7.10. The van der Waals surface area contributed by atoms with Crippen LogP contribution in [0.15, 0.2) is 35.7 Å². The zero-order valence-electron chi connectivity index (χ0n) is 11.1. The zero-order chi connectivity index (χ0) is 13.0. The molecule has 1 aromatic carbocycles. The fraction of sp³-hybridized carbons (Fsp3) is 0.333. The van der Waals surface area contributed by atoms with E-state index in [0.29, 0.717) is 0 Å². The number of benzene rings is 1. The Kier molecular flexibility index (Phi) is 4.39. The minimum atomic E-state index is 0.269. The summed E-state index contributed by atoms with van der Waals surface area (Å²) < 4.78 is 5.20. The highest BCUT2D eigenvalue weighted by Crippen LogP contribution is 2.30. The van der Waals surface area contributed by atoms with Gasteiger partial charge in [-0.05, 0) is 48.2 Å². The molecule has 0 saturated heterocycles. The summed E-state index contributed by atoms with van der Waals surface area (Å²) in [6, 6.07) is 10.8. The summed E-state index contributed by atoms with van der Waals surface area (Å²) in [6.45, 7) is 2.20. The van der Waals surface area contributed by atoms with E-state index in [9.17, 15) is 0 Å². The van der Waals surface area contributed by atoms with Gasteiger partial charge < -0.3 is 10.1 Å². The third-order valence-corrected chi connectivity index (χ3v) is 4.19. The lowest BCUT2D eigenvalue weighted by molar-refractivity contribution is 0.414. The predicted octanol–water partition coefficient (Wildman–Crippen LogP) is 3.63. The molecule has 1 unspecified atom stereocenters. The molecule has 1 atom stereocenters. The van der Waals surface area contributed by atoms with Crippen molar-refractivity contribution in [1.82, 2.24) is 5.32 Å². The number of methoxy groups -OCH3 is 1. The van der Waals surface area contributed by atoms with Crippen LogP contribution < -0.4 is 10.1 Å². The molecule has 2 nitrogen and oxygen atoms in total. The van der Waals surface area contributed by atoms with Gasteiger partial charge in [-0.2, -0.15) is 0 Å². The molecule has 1 N–H and O–H groups in total. The Morgan fingerprint density at radius 3 is 2.50 bits per heavy atom. The van der Waals surface area contributed by atoms with Crippen molar-refractivity contribution in [2.45, 2.75) is 19.4 Å². The van der Waals surface area contributed by atoms with E-state index in [4.69, 9.17) is 4.74 Å². The third-order valence-electron chi connectivity index (χ3n) is 3.16. The van der Waals surface area contributed by atoms with Crippen molar-refractivity contribution in [3.63, 3.8) is 0 Å². The Morgan fingerprint density at radius 2 is 1.94 bits per heavy atom. The summed E-state index contributed by atoms with van der Waals surface area (Å²) >= 11 is 1.82. The molecule has 0 saturated carbocycles. The van der Waals surface area contributed by atoms with Crippen LogP contribution in [-0.4, -0.2) is 14.2 Å². The zero-order valence-corrected chi connectivity index (χ0v) is 11.9. The largest absolute Gasteiger partial charge is 0.497 e. The van der Waals surface area contributed by atoms with Crippen molar-refractivity contribution in [3.8, 4) is 5.75 Å². The summed E-state index contributed by atoms with van der Waals surface area (Å²) in [7, 11) is 3.70. The second kappa shape index (κ2) is 6.03. The minimum absolute atomic E-state index is 0.269. The van der Waals surface area contributed by atoms with Crippen LogP contribution in [0.3, 0.4) is 0 Å². The lowest BCUT2D eigenvalue weighted by Crippen LogP contribution is -2.17. The lowest BCUT2D eigenvalue weighted by Gasteiger charge is -2.17. The van der Waals surface area contributed by atoms with E-state index in [1.54, 1.807) is 7.11 Å². The molecule has 1 aromatic heterocycles. The average molecular weight is 261 g/mol. The number of thiophene rings is 1. The molecule has 0 fully saturated rings. The fourth-order valence-corrected chi connectivity index (χ4v) is 3.27. The summed E-state index contributed by atoms with van der Waals surface area (Å²) in [5.74, 6) is 0.899. The molecule has 0 aliphatic heterocycles. The molecule has 2 aromatic rings. The Hall–Kier alpha value is -1.32. The van der Waals surface area contributed by atoms with Crippen LogP contribution >= 0.6 is 11.3 Å². The van der Waals surface area contributed by atoms with Crippen molar-refractivity contribution in [1.29, 1.82) is 0 Å². The molecule has 0 amide bonds. The van der Waals surface area contributed by atoms with Crippen LogP contribution in [-0.2, 0) is 6.42 Å². The van der Waals surface area contributed by atoms with Gasteiger partial charge >= 0.3 is 0 Å². The van der Waals surface area contributed by atoms with Gasteiger partial charge in [0.15, 0.2) is 0 Å². The number of aryl methyl sites for hydroxylation is 1. The summed E-state index contributed by atoms with van der Waals surface area (Å²) in [4.78, 5) is 1.41. The first kappa shape index (κ1) is 13.1. The number of nitrogens with one attached hydrogen (secondary N) is 1. The van der Waals surface area contributed by atoms with Gasteiger partial charge in [0, 0.05) is 4.88 Å². The van der Waals surface area contributed by atoms with Gasteiger partial charge in [0.25, 0.3) is 0 Å². The summed E-state index contributed by atoms with van der Waals surface area (Å²) in [6.07, 6.45) is 1.08. The molecule has 0 spiro atoms. The van der Waals surface area contributed by atoms with Crippen LogP contribution in [0.1, 0.15) is 29.0 Å². The maximum absolute atomic E-state index is 5.20. The first-order valence-corrected chi connectivity index (χ1v) is 7.05. The van der Waals surface area contributed by atoms with E-state index in [1.807, 2.05) is 30.5 Å².